The molecule has 0 aromatic rings. The van der Waals surface area contributed by atoms with Crippen LogP contribution in [0.4, 0.5) is 0 Å². The summed E-state index contributed by atoms with van der Waals surface area (Å²) in [4.78, 5) is 0. The lowest BCUT2D eigenvalue weighted by Gasteiger charge is -1.98. The normalized spacial score (nSPS) is 15.3. The summed E-state index contributed by atoms with van der Waals surface area (Å²) in [6.07, 6.45) is 2.10. The van der Waals surface area contributed by atoms with Crippen molar-refractivity contribution in [3.8, 4) is 0 Å². The zero-order valence-electron chi connectivity index (χ0n) is 4.61. The van der Waals surface area contributed by atoms with Crippen LogP contribution >= 0.6 is 22.6 Å². The van der Waals surface area contributed by atoms with Crippen LogP contribution in [0.1, 0.15) is 6.92 Å². The van der Waals surface area contributed by atoms with Crippen molar-refractivity contribution in [3.05, 3.63) is 10.2 Å². The van der Waals surface area contributed by atoms with E-state index in [1.807, 2.05) is 11.1 Å². The molecule has 0 spiro atoms. The molecule has 0 aliphatic rings. The number of nitrogens with one attached hydrogen (secondary N) is 1. The fourth-order valence-corrected chi connectivity index (χ4v) is 0.828. The molecule has 0 unspecified atom stereocenters. The molecule has 1 N–H and O–H groups in total. The maximum Gasteiger partial charge on any atom is 0.0226 e. The Kier molecular flexibility index (Phi) is 4.87. The maximum atomic E-state index is 3.07. The van der Waals surface area contributed by atoms with Crippen LogP contribution in [0.15, 0.2) is 10.2 Å². The lowest BCUT2D eigenvalue weighted by Crippen LogP contribution is -2.17. The Hall–Kier alpha value is 0.430. The minimum Gasteiger partial charge on any atom is -0.314 e. The van der Waals surface area contributed by atoms with Crippen molar-refractivity contribution in [2.75, 3.05) is 7.05 Å². The van der Waals surface area contributed by atoms with Crippen LogP contribution in [0.2, 0.25) is 0 Å². The third kappa shape index (κ3) is 4.28. The van der Waals surface area contributed by atoms with Crippen LogP contribution in [-0.2, 0) is 0 Å². The molecule has 0 aliphatic carbocycles. The predicted octanol–water partition coefficient (Wildman–Crippen LogP) is 1.54. The first kappa shape index (κ1) is 7.43. The van der Waals surface area contributed by atoms with E-state index in [4.69, 9.17) is 0 Å². The third-order valence-corrected chi connectivity index (χ3v) is 1.23. The molecular formula is C5H10IN. The Labute approximate surface area is 58.3 Å². The van der Waals surface area contributed by atoms with Crippen LogP contribution in [0, 0.1) is 0 Å². The summed E-state index contributed by atoms with van der Waals surface area (Å²) < 4.78 is 2.01. The molecule has 7 heavy (non-hydrogen) atoms. The number of likely N-dealkylation sites (N-methyl/N-ethyl adjacent to an activating group) is 1. The lowest BCUT2D eigenvalue weighted by molar-refractivity contribution is 0.730. The molecule has 42 valence electrons. The molecular weight excluding hydrogens is 201 g/mol. The SMILES string of the molecule is CN[C@@H](C)/C=C\I. The second-order valence-electron chi connectivity index (χ2n) is 1.40. The second kappa shape index (κ2) is 4.59. The molecule has 2 heteroatoms. The molecule has 1 atom stereocenters. The van der Waals surface area contributed by atoms with E-state index in [1.165, 1.54) is 0 Å². The highest BCUT2D eigenvalue weighted by Gasteiger charge is 1.84. The van der Waals surface area contributed by atoms with Gasteiger partial charge in [0.15, 0.2) is 0 Å². The van der Waals surface area contributed by atoms with E-state index in [2.05, 4.69) is 40.9 Å². The third-order valence-electron chi connectivity index (χ3n) is 0.817. The van der Waals surface area contributed by atoms with E-state index in [1.54, 1.807) is 0 Å². The van der Waals surface area contributed by atoms with Gasteiger partial charge in [0.05, 0.1) is 0 Å². The van der Waals surface area contributed by atoms with Crippen LogP contribution < -0.4 is 5.32 Å². The number of rotatable bonds is 2. The first-order valence-electron chi connectivity index (χ1n) is 2.25. The van der Waals surface area contributed by atoms with Gasteiger partial charge in [0.2, 0.25) is 0 Å². The van der Waals surface area contributed by atoms with Crippen molar-refractivity contribution < 1.29 is 0 Å². The number of hydrogen-bond donors (Lipinski definition) is 1. The highest BCUT2D eigenvalue weighted by Crippen LogP contribution is 1.87. The molecule has 0 aromatic carbocycles. The van der Waals surface area contributed by atoms with Gasteiger partial charge in [-0.2, -0.15) is 0 Å². The molecule has 0 fully saturated rings. The average molecular weight is 211 g/mol. The Bertz CT molecular complexity index is 61.1. The van der Waals surface area contributed by atoms with Gasteiger partial charge < -0.3 is 5.32 Å². The molecule has 0 saturated carbocycles. The Balaban J connectivity index is 3.16. The van der Waals surface area contributed by atoms with Crippen molar-refractivity contribution in [3.63, 3.8) is 0 Å². The van der Waals surface area contributed by atoms with Crippen molar-refractivity contribution in [1.29, 1.82) is 0 Å². The molecule has 0 saturated heterocycles. The lowest BCUT2D eigenvalue weighted by atomic mass is 10.3. The van der Waals surface area contributed by atoms with Gasteiger partial charge >= 0.3 is 0 Å². The van der Waals surface area contributed by atoms with E-state index < -0.39 is 0 Å². The van der Waals surface area contributed by atoms with Gasteiger partial charge in [0.1, 0.15) is 0 Å². The van der Waals surface area contributed by atoms with Crippen LogP contribution in [0.3, 0.4) is 0 Å². The van der Waals surface area contributed by atoms with Gasteiger partial charge in [-0.3, -0.25) is 0 Å². The fraction of sp³-hybridized carbons (Fsp3) is 0.600. The monoisotopic (exact) mass is 211 g/mol. The van der Waals surface area contributed by atoms with Gasteiger partial charge in [-0.25, -0.2) is 0 Å². The van der Waals surface area contributed by atoms with Crippen LogP contribution in [0.5, 0.6) is 0 Å². The van der Waals surface area contributed by atoms with Gasteiger partial charge in [-0.15, -0.1) is 0 Å². The molecule has 0 amide bonds. The smallest absolute Gasteiger partial charge is 0.0226 e. The van der Waals surface area contributed by atoms with Crippen molar-refractivity contribution in [2.24, 2.45) is 0 Å². The largest absolute Gasteiger partial charge is 0.314 e. The minimum atomic E-state index is 0.511. The first-order valence-corrected chi connectivity index (χ1v) is 3.50. The topological polar surface area (TPSA) is 12.0 Å². The van der Waals surface area contributed by atoms with Crippen LogP contribution in [-0.4, -0.2) is 13.1 Å². The Morgan fingerprint density at radius 3 is 2.43 bits per heavy atom. The van der Waals surface area contributed by atoms with E-state index in [0.717, 1.165) is 0 Å². The zero-order valence-corrected chi connectivity index (χ0v) is 6.77. The molecule has 0 bridgehead atoms. The molecule has 0 aliphatic heterocycles. The number of halogens is 1. The summed E-state index contributed by atoms with van der Waals surface area (Å²) in [7, 11) is 1.95. The van der Waals surface area contributed by atoms with E-state index >= 15 is 0 Å². The fourth-order valence-electron chi connectivity index (χ4n) is 0.205. The summed E-state index contributed by atoms with van der Waals surface area (Å²) in [5.41, 5.74) is 0. The standard InChI is InChI=1S/C5H10IN/c1-5(7-2)3-4-6/h3-5,7H,1-2H3/b4-3-/t5-/m0/s1. The predicted molar refractivity (Wildman–Crippen MR) is 41.7 cm³/mol. The Morgan fingerprint density at radius 1 is 1.71 bits per heavy atom. The maximum absolute atomic E-state index is 3.07. The average Bonchev–Trinajstić information content (AvgIpc) is 1.68. The van der Waals surface area contributed by atoms with Gasteiger partial charge in [0, 0.05) is 6.04 Å². The zero-order chi connectivity index (χ0) is 5.70. The van der Waals surface area contributed by atoms with Gasteiger partial charge in [-0.05, 0) is 18.1 Å². The summed E-state index contributed by atoms with van der Waals surface area (Å²) in [5.74, 6) is 0. The highest BCUT2D eigenvalue weighted by molar-refractivity contribution is 14.1. The van der Waals surface area contributed by atoms with E-state index in [-0.39, 0.29) is 0 Å². The molecule has 0 heterocycles. The highest BCUT2D eigenvalue weighted by atomic mass is 127. The molecule has 1 nitrogen and oxygen atoms in total. The summed E-state index contributed by atoms with van der Waals surface area (Å²) >= 11 is 2.21. The Morgan fingerprint density at radius 2 is 2.29 bits per heavy atom. The second-order valence-corrected chi connectivity index (χ2v) is 2.11. The minimum absolute atomic E-state index is 0.511. The van der Waals surface area contributed by atoms with Crippen molar-refractivity contribution >= 4 is 22.6 Å². The van der Waals surface area contributed by atoms with Crippen molar-refractivity contribution in [1.82, 2.24) is 5.32 Å². The first-order chi connectivity index (χ1) is 3.31. The quantitative estimate of drug-likeness (QED) is 0.683. The van der Waals surface area contributed by atoms with Gasteiger partial charge in [0.25, 0.3) is 0 Å². The molecule has 0 rings (SSSR count). The van der Waals surface area contributed by atoms with E-state index in [9.17, 15) is 0 Å². The van der Waals surface area contributed by atoms with Gasteiger partial charge in [-0.1, -0.05) is 28.7 Å². The summed E-state index contributed by atoms with van der Waals surface area (Å²) in [6, 6.07) is 0.511. The summed E-state index contributed by atoms with van der Waals surface area (Å²) in [6.45, 7) is 2.11. The van der Waals surface area contributed by atoms with Crippen molar-refractivity contribution in [2.45, 2.75) is 13.0 Å². The molecule has 0 aromatic heterocycles. The van der Waals surface area contributed by atoms with E-state index in [0.29, 0.717) is 6.04 Å². The summed E-state index contributed by atoms with van der Waals surface area (Å²) in [5, 5.41) is 3.07. The van der Waals surface area contributed by atoms with Crippen LogP contribution in [0.25, 0.3) is 0 Å². The number of hydrogen-bond acceptors (Lipinski definition) is 1. The molecule has 0 radical (unpaired) electrons.